The zero-order valence-electron chi connectivity index (χ0n) is 15.8. The summed E-state index contributed by atoms with van der Waals surface area (Å²) in [5, 5.41) is 1.40. The Balaban J connectivity index is 1.74. The first-order valence-corrected chi connectivity index (χ1v) is 11.9. The summed E-state index contributed by atoms with van der Waals surface area (Å²) in [6.45, 7) is 6.74. The number of hydrogen-bond donors (Lipinski definition) is 0. The van der Waals surface area contributed by atoms with Crippen molar-refractivity contribution in [3.05, 3.63) is 52.2 Å². The number of amides is 1. The van der Waals surface area contributed by atoms with E-state index in [1.165, 1.54) is 11.3 Å². The number of sulfone groups is 1. The zero-order chi connectivity index (χ0) is 19.4. The van der Waals surface area contributed by atoms with Gasteiger partial charge in [0.1, 0.15) is 0 Å². The number of nitrogens with zero attached hydrogens (tertiary/aromatic N) is 2. The van der Waals surface area contributed by atoms with Gasteiger partial charge in [-0.15, -0.1) is 11.3 Å². The van der Waals surface area contributed by atoms with E-state index in [-0.39, 0.29) is 18.2 Å². The van der Waals surface area contributed by atoms with Crippen molar-refractivity contribution in [1.82, 2.24) is 4.90 Å². The number of carbonyl (C=O) groups excluding carboxylic acids is 1. The Morgan fingerprint density at radius 2 is 1.85 bits per heavy atom. The van der Waals surface area contributed by atoms with Gasteiger partial charge in [-0.05, 0) is 56.0 Å². The number of hydrogen-bond acceptors (Lipinski definition) is 5. The quantitative estimate of drug-likeness (QED) is 0.761. The van der Waals surface area contributed by atoms with Crippen LogP contribution < -0.4 is 4.90 Å². The first-order valence-electron chi connectivity index (χ1n) is 9.35. The molecule has 2 aromatic rings. The number of anilines is 1. The molecule has 0 radical (unpaired) electrons. The molecule has 2 heterocycles. The Labute approximate surface area is 165 Å². The van der Waals surface area contributed by atoms with Gasteiger partial charge in [0.2, 0.25) is 0 Å². The molecule has 146 valence electrons. The van der Waals surface area contributed by atoms with E-state index in [1.807, 2.05) is 41.8 Å². The van der Waals surface area contributed by atoms with Crippen molar-refractivity contribution in [2.24, 2.45) is 0 Å². The van der Waals surface area contributed by atoms with Crippen molar-refractivity contribution < 1.29 is 13.2 Å². The largest absolute Gasteiger partial charge is 0.372 e. The van der Waals surface area contributed by atoms with Crippen molar-refractivity contribution in [3.8, 4) is 0 Å². The number of benzene rings is 1. The summed E-state index contributed by atoms with van der Waals surface area (Å²) in [5.74, 6) is -0.0816. The minimum Gasteiger partial charge on any atom is -0.372 e. The predicted molar refractivity (Wildman–Crippen MR) is 111 cm³/mol. The second kappa shape index (κ2) is 8.44. The van der Waals surface area contributed by atoms with Gasteiger partial charge in [-0.2, -0.15) is 0 Å². The second-order valence-electron chi connectivity index (χ2n) is 6.67. The lowest BCUT2D eigenvalue weighted by molar-refractivity contribution is 0.0766. The molecule has 1 amide bonds. The predicted octanol–water partition coefficient (Wildman–Crippen LogP) is 3.60. The van der Waals surface area contributed by atoms with Crippen LogP contribution in [0.4, 0.5) is 5.69 Å². The van der Waals surface area contributed by atoms with Gasteiger partial charge in [-0.3, -0.25) is 4.79 Å². The van der Waals surface area contributed by atoms with Crippen molar-refractivity contribution in [2.75, 3.05) is 36.8 Å². The lowest BCUT2D eigenvalue weighted by atomic mass is 10.1. The molecule has 3 rings (SSSR count). The number of thiophene rings is 1. The third kappa shape index (κ3) is 4.35. The molecule has 1 unspecified atom stereocenters. The summed E-state index contributed by atoms with van der Waals surface area (Å²) >= 11 is 1.47. The second-order valence-corrected chi connectivity index (χ2v) is 9.95. The molecule has 5 nitrogen and oxygen atoms in total. The van der Waals surface area contributed by atoms with E-state index in [2.05, 4.69) is 18.7 Å². The Bertz CT molecular complexity index is 857. The smallest absolute Gasteiger partial charge is 0.253 e. The van der Waals surface area contributed by atoms with Crippen LogP contribution in [0.25, 0.3) is 0 Å². The topological polar surface area (TPSA) is 57.7 Å². The lowest BCUT2D eigenvalue weighted by Crippen LogP contribution is -2.33. The standard InChI is InChI=1S/C20H26N2O3S2/c1-3-21(4-2)17-9-7-16(8-10-17)20(23)22-12-11-19(18-6-5-14-26-18)27(24,25)15-13-22/h5-10,14,19H,3-4,11-13,15H2,1-2H3. The number of rotatable bonds is 5. The Kier molecular flexibility index (Phi) is 6.22. The minimum absolute atomic E-state index is 0.0127. The zero-order valence-corrected chi connectivity index (χ0v) is 17.4. The molecule has 27 heavy (non-hydrogen) atoms. The molecule has 0 bridgehead atoms. The summed E-state index contributed by atoms with van der Waals surface area (Å²) < 4.78 is 25.3. The summed E-state index contributed by atoms with van der Waals surface area (Å²) in [7, 11) is -3.25. The number of carbonyl (C=O) groups is 1. The molecule has 0 spiro atoms. The third-order valence-corrected chi connectivity index (χ3v) is 8.37. The van der Waals surface area contributed by atoms with E-state index in [9.17, 15) is 13.2 Å². The molecule has 1 atom stereocenters. The molecule has 1 aromatic heterocycles. The van der Waals surface area contributed by atoms with Crippen LogP contribution in [0.1, 0.15) is 40.8 Å². The summed E-state index contributed by atoms with van der Waals surface area (Å²) in [4.78, 5) is 17.7. The molecule has 0 N–H and O–H groups in total. The monoisotopic (exact) mass is 406 g/mol. The molecule has 1 fully saturated rings. The van der Waals surface area contributed by atoms with E-state index >= 15 is 0 Å². The van der Waals surface area contributed by atoms with Crippen LogP contribution in [0, 0.1) is 0 Å². The van der Waals surface area contributed by atoms with Crippen LogP contribution in [0.2, 0.25) is 0 Å². The van der Waals surface area contributed by atoms with Gasteiger partial charge in [0.15, 0.2) is 9.84 Å². The van der Waals surface area contributed by atoms with Gasteiger partial charge in [0.05, 0.1) is 11.0 Å². The molecule has 7 heteroatoms. The van der Waals surface area contributed by atoms with Crippen molar-refractivity contribution in [2.45, 2.75) is 25.5 Å². The van der Waals surface area contributed by atoms with Crippen molar-refractivity contribution in [1.29, 1.82) is 0 Å². The molecule has 1 aliphatic heterocycles. The normalized spacial score (nSPS) is 19.5. The molecular weight excluding hydrogens is 380 g/mol. The van der Waals surface area contributed by atoms with Crippen molar-refractivity contribution >= 4 is 32.8 Å². The first-order chi connectivity index (χ1) is 13.0. The van der Waals surface area contributed by atoms with E-state index in [0.29, 0.717) is 18.5 Å². The van der Waals surface area contributed by atoms with Gasteiger partial charge >= 0.3 is 0 Å². The van der Waals surface area contributed by atoms with Crippen LogP contribution in [0.15, 0.2) is 41.8 Å². The van der Waals surface area contributed by atoms with Gasteiger partial charge < -0.3 is 9.80 Å². The minimum atomic E-state index is -3.25. The Hall–Kier alpha value is -1.86. The average Bonchev–Trinajstić information content (AvgIpc) is 3.14. The van der Waals surface area contributed by atoms with E-state index in [4.69, 9.17) is 0 Å². The highest BCUT2D eigenvalue weighted by atomic mass is 32.2. The lowest BCUT2D eigenvalue weighted by Gasteiger charge is -2.22. The molecule has 1 aliphatic rings. The molecule has 0 aliphatic carbocycles. The van der Waals surface area contributed by atoms with Gasteiger partial charge in [0, 0.05) is 42.3 Å². The summed E-state index contributed by atoms with van der Waals surface area (Å²) in [5.41, 5.74) is 1.70. The van der Waals surface area contributed by atoms with Gasteiger partial charge in [-0.25, -0.2) is 8.42 Å². The SMILES string of the molecule is CCN(CC)c1ccc(C(=O)N2CCC(c3cccs3)S(=O)(=O)CC2)cc1. The summed E-state index contributed by atoms with van der Waals surface area (Å²) in [6, 6.07) is 11.3. The fraction of sp³-hybridized carbons (Fsp3) is 0.450. The van der Waals surface area contributed by atoms with Crippen LogP contribution in [0.3, 0.4) is 0 Å². The fourth-order valence-electron chi connectivity index (χ4n) is 3.53. The van der Waals surface area contributed by atoms with Crippen LogP contribution in [0.5, 0.6) is 0 Å². The van der Waals surface area contributed by atoms with Crippen molar-refractivity contribution in [3.63, 3.8) is 0 Å². The molecular formula is C20H26N2O3S2. The maximum atomic E-state index is 12.9. The van der Waals surface area contributed by atoms with E-state index in [0.717, 1.165) is 23.7 Å². The van der Waals surface area contributed by atoms with Gasteiger partial charge in [0.25, 0.3) is 5.91 Å². The third-order valence-electron chi connectivity index (χ3n) is 5.13. The maximum absolute atomic E-state index is 12.9. The maximum Gasteiger partial charge on any atom is 0.253 e. The highest BCUT2D eigenvalue weighted by Crippen LogP contribution is 2.32. The van der Waals surface area contributed by atoms with E-state index in [1.54, 1.807) is 4.90 Å². The Morgan fingerprint density at radius 3 is 2.44 bits per heavy atom. The average molecular weight is 407 g/mol. The summed E-state index contributed by atoms with van der Waals surface area (Å²) in [6.07, 6.45) is 0.451. The molecule has 0 saturated carbocycles. The molecule has 1 aromatic carbocycles. The van der Waals surface area contributed by atoms with Crippen LogP contribution in [-0.2, 0) is 9.84 Å². The van der Waals surface area contributed by atoms with Crippen LogP contribution in [-0.4, -0.2) is 51.2 Å². The first kappa shape index (κ1) is 19.9. The fourth-order valence-corrected chi connectivity index (χ4v) is 6.53. The van der Waals surface area contributed by atoms with E-state index < -0.39 is 15.1 Å². The highest BCUT2D eigenvalue weighted by Gasteiger charge is 2.33. The molecule has 1 saturated heterocycles. The highest BCUT2D eigenvalue weighted by molar-refractivity contribution is 7.91. The van der Waals surface area contributed by atoms with Crippen LogP contribution >= 0.6 is 11.3 Å². The Morgan fingerprint density at radius 1 is 1.15 bits per heavy atom. The van der Waals surface area contributed by atoms with Gasteiger partial charge in [-0.1, -0.05) is 6.07 Å².